The molecule has 0 amide bonds. The van der Waals surface area contributed by atoms with Gasteiger partial charge in [0.15, 0.2) is 11.6 Å². The number of fused-ring (bicyclic) bond motifs is 1. The van der Waals surface area contributed by atoms with Crippen molar-refractivity contribution < 1.29 is 19.1 Å². The molecule has 0 bridgehead atoms. The molecule has 0 spiro atoms. The number of hydrogen-bond acceptors (Lipinski definition) is 4. The summed E-state index contributed by atoms with van der Waals surface area (Å²) in [7, 11) is 3.29. The van der Waals surface area contributed by atoms with Gasteiger partial charge in [0.2, 0.25) is 0 Å². The van der Waals surface area contributed by atoms with Crippen LogP contribution in [0.2, 0.25) is 0 Å². The number of carbonyl (C=O) groups excluding carboxylic acids is 2. The molecule has 0 atom stereocenters. The summed E-state index contributed by atoms with van der Waals surface area (Å²) in [4.78, 5) is 22.3. The minimum absolute atomic E-state index is 0.0891. The Balaban J connectivity index is 0.000000182. The molecule has 0 aromatic heterocycles. The normalized spacial score (nSPS) is 10.1. The molecule has 0 aliphatic heterocycles. The van der Waals surface area contributed by atoms with Crippen LogP contribution in [0.5, 0.6) is 11.5 Å². The second-order valence-electron chi connectivity index (χ2n) is 7.35. The van der Waals surface area contributed by atoms with Gasteiger partial charge in [-0.2, -0.15) is 0 Å². The number of Topliss-reactive ketones (excluding diaryl/α,β-unsaturated/α-hetero) is 2. The predicted octanol–water partition coefficient (Wildman–Crippen LogP) is 6.62. The van der Waals surface area contributed by atoms with E-state index in [9.17, 15) is 9.59 Å². The molecule has 0 saturated carbocycles. The van der Waals surface area contributed by atoms with Crippen LogP contribution in [0.3, 0.4) is 0 Å². The van der Waals surface area contributed by atoms with Crippen LogP contribution in [0.1, 0.15) is 34.6 Å². The maximum Gasteiger partial charge on any atom is 0.159 e. The molecule has 4 nitrogen and oxygen atoms in total. The van der Waals surface area contributed by atoms with E-state index in [1.54, 1.807) is 28.1 Å². The van der Waals surface area contributed by atoms with Crippen molar-refractivity contribution >= 4 is 22.3 Å². The molecule has 0 aliphatic carbocycles. The number of rotatable bonds is 5. The van der Waals surface area contributed by atoms with Crippen LogP contribution < -0.4 is 9.47 Å². The summed E-state index contributed by atoms with van der Waals surface area (Å²) in [5.74, 6) is 1.85. The summed E-state index contributed by atoms with van der Waals surface area (Å²) in [6, 6.07) is 27.0. The van der Waals surface area contributed by atoms with Crippen molar-refractivity contribution in [3.05, 3.63) is 96.1 Å². The summed E-state index contributed by atoms with van der Waals surface area (Å²) in [6.07, 6.45) is 0. The smallest absolute Gasteiger partial charge is 0.159 e. The van der Waals surface area contributed by atoms with Gasteiger partial charge in [-0.3, -0.25) is 9.59 Å². The van der Waals surface area contributed by atoms with Crippen molar-refractivity contribution in [2.45, 2.75) is 13.8 Å². The fourth-order valence-corrected chi connectivity index (χ4v) is 3.25. The molecule has 4 aromatic carbocycles. The largest absolute Gasteiger partial charge is 0.497 e. The molecule has 0 fully saturated rings. The Bertz CT molecular complexity index is 1220. The zero-order valence-electron chi connectivity index (χ0n) is 18.7. The average molecular weight is 427 g/mol. The third-order valence-corrected chi connectivity index (χ3v) is 5.17. The fourth-order valence-electron chi connectivity index (χ4n) is 3.25. The Morgan fingerprint density at radius 3 is 1.50 bits per heavy atom. The summed E-state index contributed by atoms with van der Waals surface area (Å²) >= 11 is 0. The Hall–Kier alpha value is -3.92. The zero-order chi connectivity index (χ0) is 23.1. The number of ketones is 2. The SMILES string of the molecule is COc1ccc(-c2ccc(C(C)=O)cc2)cc1.COc1ccc2cc(C(C)=O)ccc2c1. The quantitative estimate of drug-likeness (QED) is 0.337. The molecule has 0 radical (unpaired) electrons. The number of ether oxygens (including phenoxy) is 2. The van der Waals surface area contributed by atoms with Gasteiger partial charge in [-0.25, -0.2) is 0 Å². The minimum atomic E-state index is 0.0891. The van der Waals surface area contributed by atoms with Crippen molar-refractivity contribution in [1.82, 2.24) is 0 Å². The lowest BCUT2D eigenvalue weighted by Gasteiger charge is -2.04. The van der Waals surface area contributed by atoms with E-state index in [1.165, 1.54) is 0 Å². The second kappa shape index (κ2) is 10.4. The van der Waals surface area contributed by atoms with Gasteiger partial charge < -0.3 is 9.47 Å². The fraction of sp³-hybridized carbons (Fsp3) is 0.143. The van der Waals surface area contributed by atoms with Gasteiger partial charge in [-0.15, -0.1) is 0 Å². The molecule has 4 aromatic rings. The van der Waals surface area contributed by atoms with E-state index in [-0.39, 0.29) is 11.6 Å². The highest BCUT2D eigenvalue weighted by atomic mass is 16.5. The molecule has 0 heterocycles. The third-order valence-electron chi connectivity index (χ3n) is 5.17. The first-order valence-corrected chi connectivity index (χ1v) is 10.3. The maximum atomic E-state index is 11.2. The molecule has 0 unspecified atom stereocenters. The number of benzene rings is 4. The molecule has 32 heavy (non-hydrogen) atoms. The van der Waals surface area contributed by atoms with E-state index in [2.05, 4.69) is 0 Å². The van der Waals surface area contributed by atoms with E-state index in [0.717, 1.165) is 44.5 Å². The van der Waals surface area contributed by atoms with Crippen molar-refractivity contribution in [1.29, 1.82) is 0 Å². The standard InChI is InChI=1S/C15H14O2.C13H12O2/c1-11(16)12-3-5-13(6-4-12)14-7-9-15(17-2)10-8-14;1-9(14)10-3-4-12-8-13(15-2)6-5-11(12)7-10/h3-10H,1-2H3;3-8H,1-2H3. The number of hydrogen-bond donors (Lipinski definition) is 0. The van der Waals surface area contributed by atoms with Crippen molar-refractivity contribution in [3.63, 3.8) is 0 Å². The van der Waals surface area contributed by atoms with Crippen LogP contribution in [0.25, 0.3) is 21.9 Å². The Kier molecular flexibility index (Phi) is 7.40. The third kappa shape index (κ3) is 5.61. The van der Waals surface area contributed by atoms with Crippen LogP contribution in [0.4, 0.5) is 0 Å². The average Bonchev–Trinajstić information content (AvgIpc) is 2.83. The highest BCUT2D eigenvalue weighted by Crippen LogP contribution is 2.23. The van der Waals surface area contributed by atoms with Gasteiger partial charge in [-0.1, -0.05) is 54.6 Å². The van der Waals surface area contributed by atoms with Crippen molar-refractivity contribution in [3.8, 4) is 22.6 Å². The predicted molar refractivity (Wildman–Crippen MR) is 129 cm³/mol. The number of carbonyl (C=O) groups is 2. The van der Waals surface area contributed by atoms with Gasteiger partial charge in [0, 0.05) is 11.1 Å². The molecular weight excluding hydrogens is 400 g/mol. The van der Waals surface area contributed by atoms with Crippen LogP contribution >= 0.6 is 0 Å². The van der Waals surface area contributed by atoms with Crippen LogP contribution in [0, 0.1) is 0 Å². The molecule has 0 N–H and O–H groups in total. The van der Waals surface area contributed by atoms with Crippen LogP contribution in [0.15, 0.2) is 84.9 Å². The minimum Gasteiger partial charge on any atom is -0.497 e. The molecule has 0 saturated heterocycles. The van der Waals surface area contributed by atoms with E-state index in [0.29, 0.717) is 0 Å². The van der Waals surface area contributed by atoms with Gasteiger partial charge in [0.1, 0.15) is 11.5 Å². The topological polar surface area (TPSA) is 52.6 Å². The van der Waals surface area contributed by atoms with E-state index in [4.69, 9.17) is 9.47 Å². The summed E-state index contributed by atoms with van der Waals surface area (Å²) in [5, 5.41) is 2.14. The van der Waals surface area contributed by atoms with Crippen LogP contribution in [-0.4, -0.2) is 25.8 Å². The molecular formula is C28H26O4. The summed E-state index contributed by atoms with van der Waals surface area (Å²) in [6.45, 7) is 3.15. The first-order chi connectivity index (χ1) is 15.4. The van der Waals surface area contributed by atoms with Crippen molar-refractivity contribution in [2.24, 2.45) is 0 Å². The lowest BCUT2D eigenvalue weighted by atomic mass is 10.0. The Morgan fingerprint density at radius 2 is 0.969 bits per heavy atom. The Labute approximate surface area is 188 Å². The van der Waals surface area contributed by atoms with Gasteiger partial charge in [0.25, 0.3) is 0 Å². The first kappa shape index (κ1) is 22.8. The number of methoxy groups -OCH3 is 2. The molecule has 4 rings (SSSR count). The van der Waals surface area contributed by atoms with Gasteiger partial charge >= 0.3 is 0 Å². The lowest BCUT2D eigenvalue weighted by Crippen LogP contribution is -1.91. The lowest BCUT2D eigenvalue weighted by molar-refractivity contribution is 0.100. The summed E-state index contributed by atoms with van der Waals surface area (Å²) in [5.41, 5.74) is 3.69. The monoisotopic (exact) mass is 426 g/mol. The Morgan fingerprint density at radius 1 is 0.531 bits per heavy atom. The second-order valence-corrected chi connectivity index (χ2v) is 7.35. The first-order valence-electron chi connectivity index (χ1n) is 10.3. The summed E-state index contributed by atoms with van der Waals surface area (Å²) < 4.78 is 10.2. The van der Waals surface area contributed by atoms with E-state index >= 15 is 0 Å². The van der Waals surface area contributed by atoms with Crippen molar-refractivity contribution in [2.75, 3.05) is 14.2 Å². The van der Waals surface area contributed by atoms with E-state index < -0.39 is 0 Å². The maximum absolute atomic E-state index is 11.2. The molecule has 162 valence electrons. The molecule has 4 heteroatoms. The zero-order valence-corrected chi connectivity index (χ0v) is 18.7. The van der Waals surface area contributed by atoms with Gasteiger partial charge in [0.05, 0.1) is 14.2 Å². The highest BCUT2D eigenvalue weighted by Gasteiger charge is 2.02. The van der Waals surface area contributed by atoms with E-state index in [1.807, 2.05) is 84.9 Å². The molecule has 0 aliphatic rings. The van der Waals surface area contributed by atoms with Gasteiger partial charge in [-0.05, 0) is 66.1 Å². The highest BCUT2D eigenvalue weighted by molar-refractivity contribution is 5.98. The van der Waals surface area contributed by atoms with Crippen LogP contribution in [-0.2, 0) is 0 Å².